The number of terminal acetylenes is 1. The summed E-state index contributed by atoms with van der Waals surface area (Å²) in [5.74, 6) is 3.87. The molecule has 1 aromatic heterocycles. The lowest BCUT2D eigenvalue weighted by Gasteiger charge is -2.05. The van der Waals surface area contributed by atoms with Gasteiger partial charge in [0, 0.05) is 12.7 Å². The smallest absolute Gasteiger partial charge is 0.224 e. The second-order valence-electron chi connectivity index (χ2n) is 2.75. The molecule has 0 spiro atoms. The lowest BCUT2D eigenvalue weighted by Crippen LogP contribution is -2.07. The summed E-state index contributed by atoms with van der Waals surface area (Å²) in [6, 6.07) is 1.79. The van der Waals surface area contributed by atoms with Gasteiger partial charge < -0.3 is 10.6 Å². The number of anilines is 2. The molecule has 14 heavy (non-hydrogen) atoms. The zero-order valence-electron chi connectivity index (χ0n) is 8.25. The van der Waals surface area contributed by atoms with Crippen LogP contribution in [0.2, 0.25) is 0 Å². The van der Waals surface area contributed by atoms with Gasteiger partial charge in [0.2, 0.25) is 5.95 Å². The Kier molecular flexibility index (Phi) is 4.29. The summed E-state index contributed by atoms with van der Waals surface area (Å²) >= 11 is 0. The van der Waals surface area contributed by atoms with Gasteiger partial charge in [-0.25, -0.2) is 4.98 Å². The standard InChI is InChI=1S/C10H14N4/c1-3-6-11-9-5-8-13-10(14-9)12-7-4-2/h1,5,8H,4,6-7H2,2H3,(H2,11,12,13,14). The first-order valence-electron chi connectivity index (χ1n) is 4.61. The fourth-order valence-corrected chi connectivity index (χ4v) is 0.921. The Morgan fingerprint density at radius 3 is 3.07 bits per heavy atom. The van der Waals surface area contributed by atoms with Crippen molar-refractivity contribution in [2.75, 3.05) is 23.7 Å². The number of rotatable bonds is 5. The largest absolute Gasteiger partial charge is 0.359 e. The normalized spacial score (nSPS) is 9.14. The van der Waals surface area contributed by atoms with Crippen LogP contribution in [0.25, 0.3) is 0 Å². The Balaban J connectivity index is 2.55. The van der Waals surface area contributed by atoms with Crippen LogP contribution in [0.4, 0.5) is 11.8 Å². The average molecular weight is 190 g/mol. The van der Waals surface area contributed by atoms with E-state index < -0.39 is 0 Å². The third kappa shape index (κ3) is 3.31. The summed E-state index contributed by atoms with van der Waals surface area (Å²) in [7, 11) is 0. The summed E-state index contributed by atoms with van der Waals surface area (Å²) in [6.07, 6.45) is 7.87. The molecule has 0 saturated heterocycles. The number of hydrogen-bond donors (Lipinski definition) is 2. The molecule has 0 fully saturated rings. The van der Waals surface area contributed by atoms with Crippen molar-refractivity contribution in [3.8, 4) is 12.3 Å². The molecule has 0 radical (unpaired) electrons. The van der Waals surface area contributed by atoms with Crippen LogP contribution >= 0.6 is 0 Å². The quantitative estimate of drug-likeness (QED) is 0.688. The van der Waals surface area contributed by atoms with Crippen LogP contribution in [0.1, 0.15) is 13.3 Å². The predicted octanol–water partition coefficient (Wildman–Crippen LogP) is 1.34. The maximum Gasteiger partial charge on any atom is 0.224 e. The Labute approximate surface area is 84.2 Å². The number of hydrogen-bond acceptors (Lipinski definition) is 4. The highest BCUT2D eigenvalue weighted by Crippen LogP contribution is 2.04. The van der Waals surface area contributed by atoms with Crippen LogP contribution in [0.15, 0.2) is 12.3 Å². The van der Waals surface area contributed by atoms with E-state index in [9.17, 15) is 0 Å². The predicted molar refractivity (Wildman–Crippen MR) is 58.1 cm³/mol. The van der Waals surface area contributed by atoms with E-state index in [0.29, 0.717) is 12.5 Å². The summed E-state index contributed by atoms with van der Waals surface area (Å²) in [6.45, 7) is 3.44. The van der Waals surface area contributed by atoms with Gasteiger partial charge in [0.15, 0.2) is 0 Å². The van der Waals surface area contributed by atoms with Crippen molar-refractivity contribution in [2.45, 2.75) is 13.3 Å². The second kappa shape index (κ2) is 5.81. The molecule has 4 heteroatoms. The first kappa shape index (κ1) is 10.3. The highest BCUT2D eigenvalue weighted by atomic mass is 15.1. The zero-order valence-corrected chi connectivity index (χ0v) is 8.25. The van der Waals surface area contributed by atoms with Crippen molar-refractivity contribution in [3.63, 3.8) is 0 Å². The molecule has 0 saturated carbocycles. The fourth-order valence-electron chi connectivity index (χ4n) is 0.921. The molecule has 0 aliphatic heterocycles. The molecule has 0 aromatic carbocycles. The van der Waals surface area contributed by atoms with E-state index in [-0.39, 0.29) is 0 Å². The van der Waals surface area contributed by atoms with Crippen molar-refractivity contribution in [1.82, 2.24) is 9.97 Å². The fraction of sp³-hybridized carbons (Fsp3) is 0.400. The van der Waals surface area contributed by atoms with Gasteiger partial charge in [-0.05, 0) is 12.5 Å². The molecule has 0 aliphatic carbocycles. The van der Waals surface area contributed by atoms with Crippen molar-refractivity contribution in [1.29, 1.82) is 0 Å². The minimum Gasteiger partial charge on any atom is -0.359 e. The van der Waals surface area contributed by atoms with Crippen LogP contribution < -0.4 is 10.6 Å². The summed E-state index contributed by atoms with van der Waals surface area (Å²) in [4.78, 5) is 8.29. The third-order valence-corrected chi connectivity index (χ3v) is 1.56. The van der Waals surface area contributed by atoms with Crippen molar-refractivity contribution >= 4 is 11.8 Å². The average Bonchev–Trinajstić information content (AvgIpc) is 2.24. The van der Waals surface area contributed by atoms with Crippen LogP contribution in [-0.4, -0.2) is 23.1 Å². The minimum atomic E-state index is 0.476. The van der Waals surface area contributed by atoms with E-state index in [1.807, 2.05) is 0 Å². The van der Waals surface area contributed by atoms with E-state index in [1.165, 1.54) is 0 Å². The van der Waals surface area contributed by atoms with Gasteiger partial charge in [-0.2, -0.15) is 4.98 Å². The third-order valence-electron chi connectivity index (χ3n) is 1.56. The van der Waals surface area contributed by atoms with Crippen LogP contribution in [-0.2, 0) is 0 Å². The van der Waals surface area contributed by atoms with Crippen molar-refractivity contribution in [2.24, 2.45) is 0 Å². The molecule has 0 amide bonds. The molecule has 2 N–H and O–H groups in total. The van der Waals surface area contributed by atoms with Crippen molar-refractivity contribution in [3.05, 3.63) is 12.3 Å². The van der Waals surface area contributed by atoms with Gasteiger partial charge in [0.25, 0.3) is 0 Å². The molecule has 74 valence electrons. The molecule has 0 bridgehead atoms. The molecule has 1 heterocycles. The lowest BCUT2D eigenvalue weighted by molar-refractivity contribution is 0.952. The van der Waals surface area contributed by atoms with Gasteiger partial charge >= 0.3 is 0 Å². The maximum absolute atomic E-state index is 5.12. The number of nitrogens with one attached hydrogen (secondary N) is 2. The molecular formula is C10H14N4. The minimum absolute atomic E-state index is 0.476. The Morgan fingerprint density at radius 2 is 2.36 bits per heavy atom. The number of nitrogens with zero attached hydrogens (tertiary/aromatic N) is 2. The molecule has 0 atom stereocenters. The Morgan fingerprint density at radius 1 is 1.50 bits per heavy atom. The Bertz CT molecular complexity index is 316. The number of aromatic nitrogens is 2. The molecule has 0 unspecified atom stereocenters. The van der Waals surface area contributed by atoms with Gasteiger partial charge in [-0.15, -0.1) is 6.42 Å². The van der Waals surface area contributed by atoms with Gasteiger partial charge in [-0.1, -0.05) is 12.8 Å². The first-order valence-corrected chi connectivity index (χ1v) is 4.61. The highest BCUT2D eigenvalue weighted by Gasteiger charge is 1.95. The van der Waals surface area contributed by atoms with Crippen LogP contribution in [0.3, 0.4) is 0 Å². The van der Waals surface area contributed by atoms with Gasteiger partial charge in [0.1, 0.15) is 5.82 Å². The van der Waals surface area contributed by atoms with E-state index in [4.69, 9.17) is 6.42 Å². The monoisotopic (exact) mass is 190 g/mol. The molecule has 4 nitrogen and oxygen atoms in total. The molecule has 1 rings (SSSR count). The molecule has 0 aliphatic rings. The van der Waals surface area contributed by atoms with E-state index in [2.05, 4.69) is 33.4 Å². The lowest BCUT2D eigenvalue weighted by atomic mass is 10.5. The molecular weight excluding hydrogens is 176 g/mol. The summed E-state index contributed by atoms with van der Waals surface area (Å²) < 4.78 is 0. The first-order chi connectivity index (χ1) is 6.86. The second-order valence-corrected chi connectivity index (χ2v) is 2.75. The van der Waals surface area contributed by atoms with Crippen molar-refractivity contribution < 1.29 is 0 Å². The topological polar surface area (TPSA) is 49.8 Å². The maximum atomic E-state index is 5.12. The zero-order chi connectivity index (χ0) is 10.2. The highest BCUT2D eigenvalue weighted by molar-refractivity contribution is 5.40. The Hall–Kier alpha value is -1.76. The molecule has 1 aromatic rings. The van der Waals surface area contributed by atoms with Crippen LogP contribution in [0, 0.1) is 12.3 Å². The van der Waals surface area contributed by atoms with E-state index in [1.54, 1.807) is 12.3 Å². The van der Waals surface area contributed by atoms with Gasteiger partial charge in [0.05, 0.1) is 6.54 Å². The summed E-state index contributed by atoms with van der Waals surface area (Å²) in [5, 5.41) is 6.08. The summed E-state index contributed by atoms with van der Waals surface area (Å²) in [5.41, 5.74) is 0. The SMILES string of the molecule is C#CCNc1ccnc(NCCC)n1. The van der Waals surface area contributed by atoms with Gasteiger partial charge in [-0.3, -0.25) is 0 Å². The van der Waals surface area contributed by atoms with E-state index >= 15 is 0 Å². The van der Waals surface area contributed by atoms with Crippen LogP contribution in [0.5, 0.6) is 0 Å². The van der Waals surface area contributed by atoms with E-state index in [0.717, 1.165) is 18.8 Å².